The molecular formula is C18H31N5S. The van der Waals surface area contributed by atoms with Crippen LogP contribution < -0.4 is 4.90 Å². The summed E-state index contributed by atoms with van der Waals surface area (Å²) in [4.78, 5) is 16.4. The van der Waals surface area contributed by atoms with E-state index in [1.54, 1.807) is 0 Å². The lowest BCUT2D eigenvalue weighted by Crippen LogP contribution is -2.45. The van der Waals surface area contributed by atoms with Gasteiger partial charge in [-0.15, -0.1) is 0 Å². The van der Waals surface area contributed by atoms with Crippen LogP contribution >= 0.6 is 11.8 Å². The van der Waals surface area contributed by atoms with Crippen molar-refractivity contribution in [2.75, 3.05) is 50.9 Å². The van der Waals surface area contributed by atoms with Crippen molar-refractivity contribution >= 4 is 17.7 Å². The Morgan fingerprint density at radius 2 is 1.88 bits per heavy atom. The summed E-state index contributed by atoms with van der Waals surface area (Å²) in [5.74, 6) is 2.12. The zero-order valence-corrected chi connectivity index (χ0v) is 16.1. The van der Waals surface area contributed by atoms with E-state index in [1.807, 2.05) is 12.4 Å². The van der Waals surface area contributed by atoms with E-state index >= 15 is 0 Å². The predicted molar refractivity (Wildman–Crippen MR) is 103 cm³/mol. The molecule has 2 aliphatic rings. The molecule has 24 heavy (non-hydrogen) atoms. The fourth-order valence-corrected chi connectivity index (χ4v) is 4.85. The van der Waals surface area contributed by atoms with Crippen LogP contribution in [0.5, 0.6) is 0 Å². The van der Waals surface area contributed by atoms with Crippen LogP contribution in [0.2, 0.25) is 0 Å². The molecule has 1 aliphatic heterocycles. The summed E-state index contributed by atoms with van der Waals surface area (Å²) in [6, 6.07) is 0.714. The number of hydrogen-bond donors (Lipinski definition) is 0. The van der Waals surface area contributed by atoms with E-state index in [2.05, 4.69) is 57.4 Å². The van der Waals surface area contributed by atoms with E-state index < -0.39 is 0 Å². The van der Waals surface area contributed by atoms with Crippen LogP contribution in [0.25, 0.3) is 0 Å². The first-order valence-corrected chi connectivity index (χ1v) is 10.3. The normalized spacial score (nSPS) is 25.6. The molecule has 1 saturated carbocycles. The van der Waals surface area contributed by atoms with Gasteiger partial charge in [0.05, 0.1) is 0 Å². The Morgan fingerprint density at radius 3 is 2.54 bits per heavy atom. The molecule has 0 N–H and O–H groups in total. The molecule has 134 valence electrons. The first-order chi connectivity index (χ1) is 11.7. The van der Waals surface area contributed by atoms with Crippen molar-refractivity contribution < 1.29 is 0 Å². The van der Waals surface area contributed by atoms with Gasteiger partial charge in [0.15, 0.2) is 0 Å². The molecule has 0 bridgehead atoms. The van der Waals surface area contributed by atoms with Crippen LogP contribution in [0.4, 0.5) is 5.95 Å². The fourth-order valence-electron chi connectivity index (χ4n) is 3.72. The van der Waals surface area contributed by atoms with Crippen LogP contribution in [0.1, 0.15) is 31.7 Å². The van der Waals surface area contributed by atoms with E-state index in [0.717, 1.165) is 43.9 Å². The van der Waals surface area contributed by atoms with Gasteiger partial charge in [0.25, 0.3) is 0 Å². The molecule has 1 aromatic heterocycles. The van der Waals surface area contributed by atoms with Crippen molar-refractivity contribution in [2.45, 2.75) is 44.0 Å². The summed E-state index contributed by atoms with van der Waals surface area (Å²) < 4.78 is 0. The maximum Gasteiger partial charge on any atom is 0.225 e. The molecule has 6 heteroatoms. The predicted octanol–water partition coefficient (Wildman–Crippen LogP) is 2.33. The van der Waals surface area contributed by atoms with E-state index in [0.29, 0.717) is 6.04 Å². The van der Waals surface area contributed by atoms with Gasteiger partial charge in [-0.05, 0) is 39.1 Å². The van der Waals surface area contributed by atoms with Crippen LogP contribution in [0.15, 0.2) is 12.4 Å². The van der Waals surface area contributed by atoms with Gasteiger partial charge in [-0.1, -0.05) is 6.92 Å². The van der Waals surface area contributed by atoms with Crippen LogP contribution in [-0.2, 0) is 6.54 Å². The zero-order chi connectivity index (χ0) is 16.9. The third-order valence-electron chi connectivity index (χ3n) is 5.29. The second-order valence-corrected chi connectivity index (χ2v) is 8.72. The highest BCUT2D eigenvalue weighted by Gasteiger charge is 2.27. The SMILES string of the molecule is CCS[C@@H]1CC[C@H](N(C)Cc2cnc(N3CCN(C)CC3)nc2)C1. The van der Waals surface area contributed by atoms with Crippen molar-refractivity contribution in [1.29, 1.82) is 0 Å². The molecule has 2 heterocycles. The molecule has 1 aliphatic carbocycles. The molecule has 0 aromatic carbocycles. The molecule has 5 nitrogen and oxygen atoms in total. The Morgan fingerprint density at radius 1 is 1.17 bits per heavy atom. The Hall–Kier alpha value is -0.850. The Balaban J connectivity index is 1.51. The second-order valence-electron chi connectivity index (χ2n) is 7.14. The molecule has 0 spiro atoms. The zero-order valence-electron chi connectivity index (χ0n) is 15.3. The quantitative estimate of drug-likeness (QED) is 0.784. The largest absolute Gasteiger partial charge is 0.338 e. The van der Waals surface area contributed by atoms with Crippen molar-refractivity contribution in [3.8, 4) is 0 Å². The van der Waals surface area contributed by atoms with Gasteiger partial charge in [-0.3, -0.25) is 4.90 Å². The van der Waals surface area contributed by atoms with E-state index in [4.69, 9.17) is 0 Å². The van der Waals surface area contributed by atoms with Crippen LogP contribution in [-0.4, -0.2) is 77.1 Å². The smallest absolute Gasteiger partial charge is 0.225 e. The lowest BCUT2D eigenvalue weighted by atomic mass is 10.2. The summed E-state index contributed by atoms with van der Waals surface area (Å²) in [6.07, 6.45) is 8.06. The maximum absolute atomic E-state index is 4.62. The highest BCUT2D eigenvalue weighted by molar-refractivity contribution is 7.99. The number of anilines is 1. The number of hydrogen-bond acceptors (Lipinski definition) is 6. The van der Waals surface area contributed by atoms with Gasteiger partial charge in [-0.2, -0.15) is 11.8 Å². The summed E-state index contributed by atoms with van der Waals surface area (Å²) in [5, 5.41) is 0.860. The van der Waals surface area contributed by atoms with Gasteiger partial charge in [-0.25, -0.2) is 9.97 Å². The summed E-state index contributed by atoms with van der Waals surface area (Å²) in [6.45, 7) is 7.44. The average molecular weight is 350 g/mol. The number of aromatic nitrogens is 2. The Bertz CT molecular complexity index is 501. The highest BCUT2D eigenvalue weighted by atomic mass is 32.2. The van der Waals surface area contributed by atoms with Gasteiger partial charge in [0, 0.05) is 62.0 Å². The van der Waals surface area contributed by atoms with Crippen molar-refractivity contribution in [1.82, 2.24) is 19.8 Å². The molecule has 2 fully saturated rings. The van der Waals surface area contributed by atoms with Crippen molar-refractivity contribution in [3.63, 3.8) is 0 Å². The molecule has 0 radical (unpaired) electrons. The molecule has 0 amide bonds. The Kier molecular flexibility index (Phi) is 6.36. The third-order valence-corrected chi connectivity index (χ3v) is 6.53. The average Bonchev–Trinajstić information content (AvgIpc) is 3.06. The number of thioether (sulfide) groups is 1. The number of piperazine rings is 1. The molecular weight excluding hydrogens is 318 g/mol. The molecule has 1 saturated heterocycles. The minimum absolute atomic E-state index is 0.714. The van der Waals surface area contributed by atoms with E-state index in [-0.39, 0.29) is 0 Å². The number of rotatable bonds is 6. The number of likely N-dealkylation sites (N-methyl/N-ethyl adjacent to an activating group) is 1. The van der Waals surface area contributed by atoms with E-state index in [9.17, 15) is 0 Å². The summed E-state index contributed by atoms with van der Waals surface area (Å²) >= 11 is 2.12. The van der Waals surface area contributed by atoms with Gasteiger partial charge in [0.2, 0.25) is 5.95 Å². The minimum atomic E-state index is 0.714. The Labute approximate surface area is 150 Å². The maximum atomic E-state index is 4.62. The fraction of sp³-hybridized carbons (Fsp3) is 0.778. The van der Waals surface area contributed by atoms with Gasteiger partial charge < -0.3 is 9.80 Å². The second kappa shape index (κ2) is 8.50. The lowest BCUT2D eigenvalue weighted by Gasteiger charge is -2.32. The summed E-state index contributed by atoms with van der Waals surface area (Å²) in [7, 11) is 4.42. The van der Waals surface area contributed by atoms with Crippen LogP contribution in [0.3, 0.4) is 0 Å². The molecule has 3 rings (SSSR count). The first-order valence-electron chi connectivity index (χ1n) is 9.22. The summed E-state index contributed by atoms with van der Waals surface area (Å²) in [5.41, 5.74) is 1.22. The number of nitrogens with zero attached hydrogens (tertiary/aromatic N) is 5. The van der Waals surface area contributed by atoms with Crippen molar-refractivity contribution in [3.05, 3.63) is 18.0 Å². The lowest BCUT2D eigenvalue weighted by molar-refractivity contribution is 0.237. The van der Waals surface area contributed by atoms with Gasteiger partial charge >= 0.3 is 0 Å². The van der Waals surface area contributed by atoms with Crippen LogP contribution in [0, 0.1) is 0 Å². The first kappa shape index (κ1) is 18.0. The monoisotopic (exact) mass is 349 g/mol. The highest BCUT2D eigenvalue weighted by Crippen LogP contribution is 2.32. The van der Waals surface area contributed by atoms with E-state index in [1.165, 1.54) is 30.6 Å². The minimum Gasteiger partial charge on any atom is -0.338 e. The van der Waals surface area contributed by atoms with Gasteiger partial charge in [0.1, 0.15) is 0 Å². The van der Waals surface area contributed by atoms with Crippen molar-refractivity contribution in [2.24, 2.45) is 0 Å². The molecule has 1 aromatic rings. The molecule has 0 unspecified atom stereocenters. The topological polar surface area (TPSA) is 35.5 Å². The standard InChI is InChI=1S/C18H31N5S/c1-4-24-17-6-5-16(11-17)22(3)14-15-12-19-18(20-13-15)23-9-7-21(2)8-10-23/h12-13,16-17H,4-11,14H2,1-3H3/t16-,17+/m0/s1. The molecule has 2 atom stereocenters. The third kappa shape index (κ3) is 4.61.